The summed E-state index contributed by atoms with van der Waals surface area (Å²) >= 11 is 6.32. The van der Waals surface area contributed by atoms with E-state index in [0.29, 0.717) is 6.42 Å². The molecule has 2 unspecified atom stereocenters. The van der Waals surface area contributed by atoms with E-state index in [1.54, 1.807) is 4.90 Å². The standard InChI is InChI=1S/C22H28ClNO2/c1-4-5-15-24(3)22(25)21(23)16-18-11-13-20(14-12-18)26-17(2)19-9-7-6-8-10-19/h6-14,17,21H,4-5,15-16H2,1-3H3. The van der Waals surface area contributed by atoms with Crippen LogP contribution in [0.4, 0.5) is 0 Å². The third-order valence-electron chi connectivity index (χ3n) is 4.41. The first-order valence-corrected chi connectivity index (χ1v) is 9.64. The van der Waals surface area contributed by atoms with Gasteiger partial charge in [0.15, 0.2) is 0 Å². The Labute approximate surface area is 161 Å². The first-order chi connectivity index (χ1) is 12.5. The fourth-order valence-corrected chi connectivity index (χ4v) is 3.08. The summed E-state index contributed by atoms with van der Waals surface area (Å²) in [5.74, 6) is 0.792. The first kappa shape index (κ1) is 20.3. The van der Waals surface area contributed by atoms with Crippen LogP contribution < -0.4 is 4.74 Å². The second-order valence-corrected chi connectivity index (χ2v) is 7.13. The molecule has 0 saturated carbocycles. The van der Waals surface area contributed by atoms with Gasteiger partial charge in [-0.25, -0.2) is 0 Å². The van der Waals surface area contributed by atoms with Crippen LogP contribution in [0.25, 0.3) is 0 Å². The summed E-state index contributed by atoms with van der Waals surface area (Å²) in [7, 11) is 1.81. The second-order valence-electron chi connectivity index (χ2n) is 6.60. The summed E-state index contributed by atoms with van der Waals surface area (Å²) < 4.78 is 5.98. The number of halogens is 1. The van der Waals surface area contributed by atoms with E-state index in [9.17, 15) is 4.79 Å². The lowest BCUT2D eigenvalue weighted by Crippen LogP contribution is -2.35. The molecule has 0 heterocycles. The third-order valence-corrected chi connectivity index (χ3v) is 4.75. The summed E-state index contributed by atoms with van der Waals surface area (Å²) in [5.41, 5.74) is 2.17. The molecule has 3 nitrogen and oxygen atoms in total. The lowest BCUT2D eigenvalue weighted by Gasteiger charge is -2.20. The molecule has 2 aromatic carbocycles. The SMILES string of the molecule is CCCCN(C)C(=O)C(Cl)Cc1ccc(OC(C)c2ccccc2)cc1. The van der Waals surface area contributed by atoms with Gasteiger partial charge in [0.05, 0.1) is 0 Å². The van der Waals surface area contributed by atoms with Crippen molar-refractivity contribution in [2.24, 2.45) is 0 Å². The minimum absolute atomic E-state index is 0.0156. The van der Waals surface area contributed by atoms with Gasteiger partial charge in [0.2, 0.25) is 5.91 Å². The maximum atomic E-state index is 12.3. The lowest BCUT2D eigenvalue weighted by molar-refractivity contribution is -0.129. The number of rotatable bonds is 9. The fraction of sp³-hybridized carbons (Fsp3) is 0.409. The van der Waals surface area contributed by atoms with Crippen molar-refractivity contribution in [3.05, 3.63) is 65.7 Å². The van der Waals surface area contributed by atoms with E-state index in [-0.39, 0.29) is 12.0 Å². The van der Waals surface area contributed by atoms with Crippen molar-refractivity contribution in [1.29, 1.82) is 0 Å². The zero-order valence-electron chi connectivity index (χ0n) is 15.8. The number of nitrogens with zero attached hydrogens (tertiary/aromatic N) is 1. The topological polar surface area (TPSA) is 29.5 Å². The third kappa shape index (κ3) is 6.06. The molecule has 140 valence electrons. The smallest absolute Gasteiger partial charge is 0.240 e. The van der Waals surface area contributed by atoms with Crippen LogP contribution in [0.1, 0.15) is 43.9 Å². The monoisotopic (exact) mass is 373 g/mol. The van der Waals surface area contributed by atoms with Crippen molar-refractivity contribution in [2.45, 2.75) is 44.6 Å². The van der Waals surface area contributed by atoms with E-state index < -0.39 is 5.38 Å². The Bertz CT molecular complexity index is 672. The molecule has 1 amide bonds. The van der Waals surface area contributed by atoms with Crippen molar-refractivity contribution < 1.29 is 9.53 Å². The Morgan fingerprint density at radius 3 is 2.38 bits per heavy atom. The molecule has 2 rings (SSSR count). The zero-order chi connectivity index (χ0) is 18.9. The Kier molecular flexibility index (Phi) is 7.99. The van der Waals surface area contributed by atoms with Crippen molar-refractivity contribution in [1.82, 2.24) is 4.90 Å². The highest BCUT2D eigenvalue weighted by atomic mass is 35.5. The number of amides is 1. The summed E-state index contributed by atoms with van der Waals surface area (Å²) in [6.07, 6.45) is 2.56. The van der Waals surface area contributed by atoms with E-state index >= 15 is 0 Å². The molecular weight excluding hydrogens is 346 g/mol. The molecule has 0 aliphatic carbocycles. The van der Waals surface area contributed by atoms with Crippen LogP contribution in [0.5, 0.6) is 5.75 Å². The van der Waals surface area contributed by atoms with Gasteiger partial charge in [-0.3, -0.25) is 4.79 Å². The number of ether oxygens (including phenoxy) is 1. The number of hydrogen-bond acceptors (Lipinski definition) is 2. The molecule has 0 spiro atoms. The van der Waals surface area contributed by atoms with Crippen LogP contribution in [0.2, 0.25) is 0 Å². The second kappa shape index (κ2) is 10.2. The maximum Gasteiger partial charge on any atom is 0.240 e. The number of benzene rings is 2. The molecule has 26 heavy (non-hydrogen) atoms. The van der Waals surface area contributed by atoms with Gasteiger partial charge >= 0.3 is 0 Å². The molecule has 0 saturated heterocycles. The number of carbonyl (C=O) groups is 1. The Hall–Kier alpha value is -2.00. The Balaban J connectivity index is 1.89. The fourth-order valence-electron chi connectivity index (χ4n) is 2.74. The van der Waals surface area contributed by atoms with Gasteiger partial charge in [-0.05, 0) is 43.0 Å². The average Bonchev–Trinajstić information content (AvgIpc) is 2.67. The van der Waals surface area contributed by atoms with Crippen molar-refractivity contribution >= 4 is 17.5 Å². The average molecular weight is 374 g/mol. The molecule has 2 atom stereocenters. The molecule has 0 aliphatic heterocycles. The van der Waals surface area contributed by atoms with Crippen LogP contribution in [0, 0.1) is 0 Å². The molecule has 2 aromatic rings. The predicted octanol–water partition coefficient (Wildman–Crippen LogP) is 5.24. The molecular formula is C22H28ClNO2. The van der Waals surface area contributed by atoms with Crippen LogP contribution in [0.15, 0.2) is 54.6 Å². The quantitative estimate of drug-likeness (QED) is 0.563. The summed E-state index contributed by atoms with van der Waals surface area (Å²) in [4.78, 5) is 14.0. The van der Waals surface area contributed by atoms with Crippen LogP contribution in [-0.4, -0.2) is 29.8 Å². The van der Waals surface area contributed by atoms with Crippen molar-refractivity contribution in [3.8, 4) is 5.75 Å². The van der Waals surface area contributed by atoms with Gasteiger partial charge in [-0.2, -0.15) is 0 Å². The minimum Gasteiger partial charge on any atom is -0.486 e. The van der Waals surface area contributed by atoms with E-state index in [0.717, 1.165) is 36.3 Å². The summed E-state index contributed by atoms with van der Waals surface area (Å²) in [5, 5.41) is -0.535. The maximum absolute atomic E-state index is 12.3. The minimum atomic E-state index is -0.535. The molecule has 0 aromatic heterocycles. The number of carbonyl (C=O) groups excluding carboxylic acids is 1. The molecule has 0 aliphatic rings. The van der Waals surface area contributed by atoms with Crippen LogP contribution in [0.3, 0.4) is 0 Å². The van der Waals surface area contributed by atoms with Gasteiger partial charge < -0.3 is 9.64 Å². The predicted molar refractivity (Wildman–Crippen MR) is 108 cm³/mol. The molecule has 4 heteroatoms. The first-order valence-electron chi connectivity index (χ1n) is 9.20. The highest BCUT2D eigenvalue weighted by Crippen LogP contribution is 2.22. The normalized spacial score (nSPS) is 13.1. The van der Waals surface area contributed by atoms with Gasteiger partial charge in [0.1, 0.15) is 17.2 Å². The Morgan fingerprint density at radius 1 is 1.12 bits per heavy atom. The molecule has 0 radical (unpaired) electrons. The highest BCUT2D eigenvalue weighted by molar-refractivity contribution is 6.30. The van der Waals surface area contributed by atoms with Crippen molar-refractivity contribution in [2.75, 3.05) is 13.6 Å². The van der Waals surface area contributed by atoms with E-state index in [4.69, 9.17) is 16.3 Å². The lowest BCUT2D eigenvalue weighted by atomic mass is 10.1. The van der Waals surface area contributed by atoms with E-state index in [1.807, 2.05) is 56.4 Å². The van der Waals surface area contributed by atoms with Gasteiger partial charge in [0, 0.05) is 13.6 Å². The van der Waals surface area contributed by atoms with Gasteiger partial charge in [-0.1, -0.05) is 55.8 Å². The highest BCUT2D eigenvalue weighted by Gasteiger charge is 2.19. The van der Waals surface area contributed by atoms with Gasteiger partial charge in [-0.15, -0.1) is 11.6 Å². The summed E-state index contributed by atoms with van der Waals surface area (Å²) in [6, 6.07) is 17.9. The largest absolute Gasteiger partial charge is 0.486 e. The number of hydrogen-bond donors (Lipinski definition) is 0. The number of unbranched alkanes of at least 4 members (excludes halogenated alkanes) is 1. The van der Waals surface area contributed by atoms with E-state index in [2.05, 4.69) is 19.1 Å². The zero-order valence-corrected chi connectivity index (χ0v) is 16.6. The van der Waals surface area contributed by atoms with Crippen LogP contribution >= 0.6 is 11.6 Å². The summed E-state index contributed by atoms with van der Waals surface area (Å²) in [6.45, 7) is 4.89. The van der Waals surface area contributed by atoms with Gasteiger partial charge in [0.25, 0.3) is 0 Å². The Morgan fingerprint density at radius 2 is 1.77 bits per heavy atom. The van der Waals surface area contributed by atoms with Crippen molar-refractivity contribution in [3.63, 3.8) is 0 Å². The number of alkyl halides is 1. The van der Waals surface area contributed by atoms with E-state index in [1.165, 1.54) is 0 Å². The molecule has 0 N–H and O–H groups in total. The van der Waals surface area contributed by atoms with Crippen LogP contribution in [-0.2, 0) is 11.2 Å². The molecule has 0 fully saturated rings. The molecule has 0 bridgehead atoms.